The number of ether oxygens (including phenoxy) is 1. The average molecular weight is 335 g/mol. The SMILES string of the molecule is CC(=O)Cn1c(CN2CCOCC2)nc2c1c(=O)n(C)c(=O)n2C. The molecule has 24 heavy (non-hydrogen) atoms. The van der Waals surface area contributed by atoms with Gasteiger partial charge in [-0.05, 0) is 6.92 Å². The van der Waals surface area contributed by atoms with Gasteiger partial charge in [-0.25, -0.2) is 9.78 Å². The molecule has 0 bridgehead atoms. The number of fused-ring (bicyclic) bond motifs is 1. The summed E-state index contributed by atoms with van der Waals surface area (Å²) in [5, 5.41) is 0. The second-order valence-corrected chi connectivity index (χ2v) is 6.08. The molecule has 0 aromatic carbocycles. The van der Waals surface area contributed by atoms with E-state index in [0.717, 1.165) is 17.7 Å². The van der Waals surface area contributed by atoms with Crippen molar-refractivity contribution in [2.45, 2.75) is 20.0 Å². The van der Waals surface area contributed by atoms with E-state index in [9.17, 15) is 14.4 Å². The van der Waals surface area contributed by atoms with Crippen molar-refractivity contribution >= 4 is 16.9 Å². The molecule has 1 saturated heterocycles. The Morgan fingerprint density at radius 2 is 1.83 bits per heavy atom. The molecule has 1 aliphatic rings. The van der Waals surface area contributed by atoms with Gasteiger partial charge in [-0.3, -0.25) is 23.6 Å². The molecule has 1 aliphatic heterocycles. The number of nitrogens with zero attached hydrogens (tertiary/aromatic N) is 5. The highest BCUT2D eigenvalue weighted by atomic mass is 16.5. The maximum absolute atomic E-state index is 12.6. The van der Waals surface area contributed by atoms with Crippen LogP contribution < -0.4 is 11.2 Å². The fourth-order valence-electron chi connectivity index (χ4n) is 2.96. The number of hydrogen-bond donors (Lipinski definition) is 0. The summed E-state index contributed by atoms with van der Waals surface area (Å²) in [4.78, 5) is 43.0. The minimum atomic E-state index is -0.435. The molecular formula is C15H21N5O4. The number of morpholine rings is 1. The number of Topliss-reactive ketones (excluding diaryl/α,β-unsaturated/α-hetero) is 1. The zero-order valence-corrected chi connectivity index (χ0v) is 14.1. The predicted molar refractivity (Wildman–Crippen MR) is 87.0 cm³/mol. The predicted octanol–water partition coefficient (Wildman–Crippen LogP) is -1.15. The smallest absolute Gasteiger partial charge is 0.332 e. The first-order valence-electron chi connectivity index (χ1n) is 7.85. The van der Waals surface area contributed by atoms with Gasteiger partial charge in [0.15, 0.2) is 11.2 Å². The maximum Gasteiger partial charge on any atom is 0.332 e. The van der Waals surface area contributed by atoms with Gasteiger partial charge in [-0.15, -0.1) is 0 Å². The highest BCUT2D eigenvalue weighted by Crippen LogP contribution is 2.14. The van der Waals surface area contributed by atoms with E-state index >= 15 is 0 Å². The first-order chi connectivity index (χ1) is 11.4. The number of rotatable bonds is 4. The van der Waals surface area contributed by atoms with Crippen molar-refractivity contribution in [3.8, 4) is 0 Å². The molecule has 0 spiro atoms. The Kier molecular flexibility index (Phi) is 4.37. The number of ketones is 1. The molecule has 130 valence electrons. The molecule has 2 aromatic heterocycles. The zero-order valence-electron chi connectivity index (χ0n) is 14.1. The van der Waals surface area contributed by atoms with Crippen molar-refractivity contribution in [1.29, 1.82) is 0 Å². The third-order valence-corrected chi connectivity index (χ3v) is 4.28. The van der Waals surface area contributed by atoms with E-state index in [1.807, 2.05) is 0 Å². The van der Waals surface area contributed by atoms with Gasteiger partial charge in [0, 0.05) is 27.2 Å². The van der Waals surface area contributed by atoms with Gasteiger partial charge < -0.3 is 9.30 Å². The highest BCUT2D eigenvalue weighted by Gasteiger charge is 2.22. The maximum atomic E-state index is 12.6. The highest BCUT2D eigenvalue weighted by molar-refractivity contribution is 5.79. The van der Waals surface area contributed by atoms with Crippen molar-refractivity contribution < 1.29 is 9.53 Å². The second-order valence-electron chi connectivity index (χ2n) is 6.08. The van der Waals surface area contributed by atoms with E-state index < -0.39 is 11.2 Å². The Labute approximate surface area is 138 Å². The van der Waals surface area contributed by atoms with Crippen LogP contribution in [0.4, 0.5) is 0 Å². The van der Waals surface area contributed by atoms with Crippen molar-refractivity contribution in [2.75, 3.05) is 26.3 Å². The largest absolute Gasteiger partial charge is 0.379 e. The first-order valence-corrected chi connectivity index (χ1v) is 7.85. The van der Waals surface area contributed by atoms with Crippen LogP contribution in [-0.2, 0) is 36.7 Å². The van der Waals surface area contributed by atoms with Crippen LogP contribution in [-0.4, -0.2) is 55.7 Å². The summed E-state index contributed by atoms with van der Waals surface area (Å²) in [6.45, 7) is 4.85. The van der Waals surface area contributed by atoms with E-state index in [1.54, 1.807) is 11.6 Å². The van der Waals surface area contributed by atoms with E-state index in [-0.39, 0.29) is 17.8 Å². The minimum Gasteiger partial charge on any atom is -0.379 e. The summed E-state index contributed by atoms with van der Waals surface area (Å²) in [6, 6.07) is 0. The molecular weight excluding hydrogens is 314 g/mol. The summed E-state index contributed by atoms with van der Waals surface area (Å²) in [5.74, 6) is 0.536. The molecule has 0 atom stereocenters. The molecule has 9 heteroatoms. The number of aromatic nitrogens is 4. The second kappa shape index (κ2) is 6.33. The average Bonchev–Trinajstić information content (AvgIpc) is 2.90. The summed E-state index contributed by atoms with van der Waals surface area (Å²) in [6.07, 6.45) is 0. The summed E-state index contributed by atoms with van der Waals surface area (Å²) < 4.78 is 9.36. The van der Waals surface area contributed by atoms with Crippen molar-refractivity contribution in [3.05, 3.63) is 26.7 Å². The van der Waals surface area contributed by atoms with Crippen LogP contribution in [0.2, 0.25) is 0 Å². The van der Waals surface area contributed by atoms with Gasteiger partial charge >= 0.3 is 5.69 Å². The van der Waals surface area contributed by atoms with Crippen molar-refractivity contribution in [2.24, 2.45) is 14.1 Å². The fraction of sp³-hybridized carbons (Fsp3) is 0.600. The Bertz CT molecular complexity index is 901. The van der Waals surface area contributed by atoms with E-state index in [1.165, 1.54) is 18.5 Å². The molecule has 0 aliphatic carbocycles. The molecule has 2 aromatic rings. The lowest BCUT2D eigenvalue weighted by Gasteiger charge is -2.26. The Balaban J connectivity index is 2.18. The third-order valence-electron chi connectivity index (χ3n) is 4.28. The lowest BCUT2D eigenvalue weighted by Crippen LogP contribution is -2.38. The molecule has 0 unspecified atom stereocenters. The van der Waals surface area contributed by atoms with Crippen LogP contribution in [0.15, 0.2) is 9.59 Å². The van der Waals surface area contributed by atoms with Crippen LogP contribution in [0.5, 0.6) is 0 Å². The topological polar surface area (TPSA) is 91.4 Å². The Morgan fingerprint density at radius 1 is 1.17 bits per heavy atom. The van der Waals surface area contributed by atoms with Gasteiger partial charge in [0.25, 0.3) is 5.56 Å². The Morgan fingerprint density at radius 3 is 2.46 bits per heavy atom. The molecule has 0 saturated carbocycles. The number of carbonyl (C=O) groups excluding carboxylic acids is 1. The number of hydrogen-bond acceptors (Lipinski definition) is 6. The number of aryl methyl sites for hydroxylation is 1. The monoisotopic (exact) mass is 335 g/mol. The molecule has 1 fully saturated rings. The summed E-state index contributed by atoms with van der Waals surface area (Å²) >= 11 is 0. The lowest BCUT2D eigenvalue weighted by molar-refractivity contribution is -0.117. The van der Waals surface area contributed by atoms with E-state index in [0.29, 0.717) is 31.2 Å². The fourth-order valence-corrected chi connectivity index (χ4v) is 2.96. The standard InChI is InChI=1S/C15H21N5O4/c1-10(21)8-20-11(9-19-4-6-24-7-5-19)16-13-12(20)14(22)18(3)15(23)17(13)2/h4-9H2,1-3H3. The van der Waals surface area contributed by atoms with Crippen molar-refractivity contribution in [3.63, 3.8) is 0 Å². The summed E-state index contributed by atoms with van der Waals surface area (Å²) in [7, 11) is 3.00. The minimum absolute atomic E-state index is 0.0591. The zero-order chi connectivity index (χ0) is 17.4. The first kappa shape index (κ1) is 16.6. The molecule has 9 nitrogen and oxygen atoms in total. The molecule has 3 heterocycles. The van der Waals surface area contributed by atoms with Gasteiger partial charge in [0.05, 0.1) is 26.3 Å². The van der Waals surface area contributed by atoms with E-state index in [2.05, 4.69) is 9.88 Å². The third kappa shape index (κ3) is 2.80. The molecule has 3 rings (SSSR count). The van der Waals surface area contributed by atoms with Crippen LogP contribution in [0.25, 0.3) is 11.2 Å². The number of carbonyl (C=O) groups is 1. The lowest BCUT2D eigenvalue weighted by atomic mass is 10.3. The molecule has 0 radical (unpaired) electrons. The molecule has 0 N–H and O–H groups in total. The van der Waals surface area contributed by atoms with Gasteiger partial charge in [0.1, 0.15) is 11.6 Å². The van der Waals surface area contributed by atoms with Gasteiger partial charge in [-0.1, -0.05) is 0 Å². The quantitative estimate of drug-likeness (QED) is 0.701. The van der Waals surface area contributed by atoms with Crippen LogP contribution in [0, 0.1) is 0 Å². The van der Waals surface area contributed by atoms with E-state index in [4.69, 9.17) is 4.74 Å². The van der Waals surface area contributed by atoms with Gasteiger partial charge in [-0.2, -0.15) is 0 Å². The van der Waals surface area contributed by atoms with Crippen LogP contribution in [0.1, 0.15) is 12.7 Å². The van der Waals surface area contributed by atoms with Crippen LogP contribution in [0.3, 0.4) is 0 Å². The van der Waals surface area contributed by atoms with Crippen LogP contribution >= 0.6 is 0 Å². The normalized spacial score (nSPS) is 16.0. The summed E-state index contributed by atoms with van der Waals surface area (Å²) in [5.41, 5.74) is -0.265. The number of imidazole rings is 1. The Hall–Kier alpha value is -2.26. The van der Waals surface area contributed by atoms with Crippen molar-refractivity contribution in [1.82, 2.24) is 23.6 Å². The van der Waals surface area contributed by atoms with Gasteiger partial charge in [0.2, 0.25) is 0 Å². The molecule has 0 amide bonds.